The van der Waals surface area contributed by atoms with E-state index in [9.17, 15) is 0 Å². The van der Waals surface area contributed by atoms with E-state index in [0.29, 0.717) is 0 Å². The fourth-order valence-electron chi connectivity index (χ4n) is 3.99. The molecule has 0 saturated heterocycles. The number of para-hydroxylation sites is 2. The van der Waals surface area contributed by atoms with Crippen LogP contribution in [0.2, 0.25) is 0 Å². The highest BCUT2D eigenvalue weighted by Gasteiger charge is 2.31. The number of aromatic nitrogens is 1. The van der Waals surface area contributed by atoms with E-state index in [4.69, 9.17) is 0 Å². The number of fused-ring (bicyclic) bond motifs is 2. The molecule has 3 aromatic carbocycles. The van der Waals surface area contributed by atoms with E-state index >= 15 is 0 Å². The van der Waals surface area contributed by atoms with Gasteiger partial charge in [0, 0.05) is 35.2 Å². The Balaban J connectivity index is 1.73. The molecule has 2 unspecified atom stereocenters. The summed E-state index contributed by atoms with van der Waals surface area (Å²) in [6.07, 6.45) is 4.28. The Bertz CT molecular complexity index is 1060. The van der Waals surface area contributed by atoms with Crippen molar-refractivity contribution in [1.29, 1.82) is 0 Å². The minimum atomic E-state index is 0.241. The summed E-state index contributed by atoms with van der Waals surface area (Å²) in [5.41, 5.74) is 6.23. The molecule has 0 fully saturated rings. The first kappa shape index (κ1) is 14.2. The normalized spacial score (nSPS) is 16.9. The van der Waals surface area contributed by atoms with Gasteiger partial charge in [0.25, 0.3) is 0 Å². The second-order valence-corrected chi connectivity index (χ2v) is 6.54. The molecule has 0 bridgehead atoms. The Morgan fingerprint density at radius 2 is 1.56 bits per heavy atom. The van der Waals surface area contributed by atoms with E-state index < -0.39 is 0 Å². The molecule has 1 aliphatic heterocycles. The predicted molar refractivity (Wildman–Crippen MR) is 104 cm³/mol. The summed E-state index contributed by atoms with van der Waals surface area (Å²) < 4.78 is 0. The summed E-state index contributed by atoms with van der Waals surface area (Å²) in [7, 11) is 0. The van der Waals surface area contributed by atoms with Gasteiger partial charge < -0.3 is 4.98 Å². The first-order chi connectivity index (χ1) is 12.4. The lowest BCUT2D eigenvalue weighted by atomic mass is 9.78. The first-order valence-corrected chi connectivity index (χ1v) is 8.66. The molecule has 5 rings (SSSR count). The summed E-state index contributed by atoms with van der Waals surface area (Å²) in [5, 5.41) is 1.29. The van der Waals surface area contributed by atoms with Gasteiger partial charge >= 0.3 is 0 Å². The van der Waals surface area contributed by atoms with Crippen molar-refractivity contribution in [1.82, 2.24) is 4.98 Å². The summed E-state index contributed by atoms with van der Waals surface area (Å²) in [6.45, 7) is 0. The van der Waals surface area contributed by atoms with Gasteiger partial charge in [-0.3, -0.25) is 4.99 Å². The molecular formula is C23H18N2. The molecule has 0 spiro atoms. The van der Waals surface area contributed by atoms with Crippen molar-refractivity contribution < 1.29 is 0 Å². The number of hydrogen-bond acceptors (Lipinski definition) is 1. The predicted octanol–water partition coefficient (Wildman–Crippen LogP) is 5.80. The van der Waals surface area contributed by atoms with Crippen molar-refractivity contribution >= 4 is 22.8 Å². The molecule has 0 radical (unpaired) electrons. The Labute approximate surface area is 146 Å². The smallest absolute Gasteiger partial charge is 0.0664 e. The van der Waals surface area contributed by atoms with Crippen LogP contribution in [0.5, 0.6) is 0 Å². The highest BCUT2D eigenvalue weighted by Crippen LogP contribution is 2.45. The first-order valence-electron chi connectivity index (χ1n) is 8.66. The van der Waals surface area contributed by atoms with E-state index in [1.54, 1.807) is 0 Å². The Kier molecular flexibility index (Phi) is 3.27. The molecule has 2 atom stereocenters. The molecule has 0 aliphatic carbocycles. The van der Waals surface area contributed by atoms with Gasteiger partial charge in [0.1, 0.15) is 0 Å². The molecule has 1 aliphatic rings. The molecular weight excluding hydrogens is 304 g/mol. The number of hydrogen-bond donors (Lipinski definition) is 1. The number of benzene rings is 3. The molecule has 1 N–H and O–H groups in total. The number of aliphatic imine (C=N–C) groups is 1. The third-order valence-electron chi connectivity index (χ3n) is 5.14. The zero-order valence-electron chi connectivity index (χ0n) is 13.8. The van der Waals surface area contributed by atoms with Crippen LogP contribution in [0.25, 0.3) is 10.9 Å². The number of nitrogens with zero attached hydrogens (tertiary/aromatic N) is 1. The lowest BCUT2D eigenvalue weighted by molar-refractivity contribution is 0.774. The second kappa shape index (κ2) is 5.75. The fourth-order valence-corrected chi connectivity index (χ4v) is 3.99. The van der Waals surface area contributed by atoms with Crippen LogP contribution in [0, 0.1) is 0 Å². The van der Waals surface area contributed by atoms with Crippen LogP contribution in [0.1, 0.15) is 28.5 Å². The highest BCUT2D eigenvalue weighted by molar-refractivity contribution is 5.88. The van der Waals surface area contributed by atoms with Gasteiger partial charge in [-0.15, -0.1) is 0 Å². The quantitative estimate of drug-likeness (QED) is 0.494. The third kappa shape index (κ3) is 2.30. The van der Waals surface area contributed by atoms with Gasteiger partial charge in [-0.1, -0.05) is 66.7 Å². The maximum absolute atomic E-state index is 4.68. The van der Waals surface area contributed by atoms with Crippen molar-refractivity contribution in [2.75, 3.05) is 0 Å². The SMILES string of the molecule is C1=Nc2ccccc2C1C(c1ccccc1)c1c[nH]c2ccccc12. The van der Waals surface area contributed by atoms with Crippen LogP contribution < -0.4 is 0 Å². The van der Waals surface area contributed by atoms with Crippen LogP contribution in [-0.2, 0) is 0 Å². The number of aromatic amines is 1. The standard InChI is InChI=1S/C23H18N2/c1-2-8-16(9-3-1)23(19-14-24-21-12-6-4-10-17(19)21)20-15-25-22-13-7-5-11-18(20)22/h1-15,19,23,25H. The zero-order valence-corrected chi connectivity index (χ0v) is 13.8. The van der Waals surface area contributed by atoms with Gasteiger partial charge in [0.15, 0.2) is 0 Å². The molecule has 2 heteroatoms. The van der Waals surface area contributed by atoms with Crippen LogP contribution in [0.3, 0.4) is 0 Å². The van der Waals surface area contributed by atoms with E-state index in [-0.39, 0.29) is 11.8 Å². The maximum Gasteiger partial charge on any atom is 0.0664 e. The van der Waals surface area contributed by atoms with Crippen molar-refractivity contribution in [3.05, 3.63) is 102 Å². The number of rotatable bonds is 3. The average molecular weight is 322 g/mol. The Morgan fingerprint density at radius 1 is 0.800 bits per heavy atom. The Morgan fingerprint density at radius 3 is 2.48 bits per heavy atom. The summed E-state index contributed by atoms with van der Waals surface area (Å²) >= 11 is 0. The lowest BCUT2D eigenvalue weighted by Gasteiger charge is -2.23. The molecule has 0 amide bonds. The maximum atomic E-state index is 4.68. The van der Waals surface area contributed by atoms with Crippen LogP contribution in [0.4, 0.5) is 5.69 Å². The van der Waals surface area contributed by atoms with Crippen molar-refractivity contribution in [2.45, 2.75) is 11.8 Å². The van der Waals surface area contributed by atoms with Gasteiger partial charge in [-0.2, -0.15) is 0 Å². The van der Waals surface area contributed by atoms with Crippen LogP contribution in [-0.4, -0.2) is 11.2 Å². The lowest BCUT2D eigenvalue weighted by Crippen LogP contribution is -2.12. The van der Waals surface area contributed by atoms with Gasteiger partial charge in [0.05, 0.1) is 5.69 Å². The zero-order chi connectivity index (χ0) is 16.6. The van der Waals surface area contributed by atoms with Gasteiger partial charge in [-0.05, 0) is 28.8 Å². The number of nitrogens with one attached hydrogen (secondary N) is 1. The highest BCUT2D eigenvalue weighted by atomic mass is 14.8. The topological polar surface area (TPSA) is 28.1 Å². The minimum absolute atomic E-state index is 0.241. The minimum Gasteiger partial charge on any atom is -0.361 e. The van der Waals surface area contributed by atoms with Crippen molar-refractivity contribution in [3.63, 3.8) is 0 Å². The van der Waals surface area contributed by atoms with E-state index in [1.165, 1.54) is 27.6 Å². The molecule has 0 saturated carbocycles. The van der Waals surface area contributed by atoms with Crippen LogP contribution in [0.15, 0.2) is 90.1 Å². The molecule has 4 aromatic rings. The van der Waals surface area contributed by atoms with Crippen molar-refractivity contribution in [3.8, 4) is 0 Å². The second-order valence-electron chi connectivity index (χ2n) is 6.54. The summed E-state index contributed by atoms with van der Waals surface area (Å²) in [6, 6.07) is 27.8. The van der Waals surface area contributed by atoms with Crippen molar-refractivity contribution in [2.24, 2.45) is 4.99 Å². The monoisotopic (exact) mass is 322 g/mol. The number of H-pyrrole nitrogens is 1. The fraction of sp³-hybridized carbons (Fsp3) is 0.0870. The van der Waals surface area contributed by atoms with E-state index in [0.717, 1.165) is 5.69 Å². The summed E-state index contributed by atoms with van der Waals surface area (Å²) in [4.78, 5) is 8.12. The molecule has 120 valence electrons. The molecule has 2 nitrogen and oxygen atoms in total. The summed E-state index contributed by atoms with van der Waals surface area (Å²) in [5.74, 6) is 0.488. The Hall–Kier alpha value is -3.13. The average Bonchev–Trinajstić information content (AvgIpc) is 3.29. The largest absolute Gasteiger partial charge is 0.361 e. The molecule has 25 heavy (non-hydrogen) atoms. The van der Waals surface area contributed by atoms with Crippen LogP contribution >= 0.6 is 0 Å². The third-order valence-corrected chi connectivity index (χ3v) is 5.14. The van der Waals surface area contributed by atoms with E-state index in [1.807, 2.05) is 0 Å². The van der Waals surface area contributed by atoms with Gasteiger partial charge in [-0.25, -0.2) is 0 Å². The molecule has 2 heterocycles. The van der Waals surface area contributed by atoms with Gasteiger partial charge in [0.2, 0.25) is 0 Å². The molecule has 1 aromatic heterocycles. The van der Waals surface area contributed by atoms with E-state index in [2.05, 4.69) is 101 Å².